The van der Waals surface area contributed by atoms with Crippen LogP contribution in [0.5, 0.6) is 0 Å². The average molecular weight is 288 g/mol. The largest absolute Gasteiger partial charge is 0.358 e. The third kappa shape index (κ3) is 4.86. The van der Waals surface area contributed by atoms with Gasteiger partial charge in [-0.1, -0.05) is 13.0 Å². The maximum atomic E-state index is 11.5. The lowest BCUT2D eigenvalue weighted by Crippen LogP contribution is -2.42. The van der Waals surface area contributed by atoms with Crippen LogP contribution >= 0.6 is 0 Å². The molecule has 1 aromatic carbocycles. The molecule has 19 heavy (non-hydrogen) atoms. The van der Waals surface area contributed by atoms with Crippen LogP contribution in [0.4, 0.5) is 11.4 Å². The molecule has 0 saturated carbocycles. The number of aliphatic hydroxyl groups is 2. The second kappa shape index (κ2) is 5.55. The van der Waals surface area contributed by atoms with Crippen molar-refractivity contribution in [1.29, 1.82) is 0 Å². The van der Waals surface area contributed by atoms with Gasteiger partial charge in [-0.05, 0) is 18.2 Å². The molecule has 0 atom stereocenters. The van der Waals surface area contributed by atoms with Crippen LogP contribution in [0.3, 0.4) is 0 Å². The van der Waals surface area contributed by atoms with E-state index in [4.69, 9.17) is 0 Å². The van der Waals surface area contributed by atoms with E-state index in [1.165, 1.54) is 31.2 Å². The molecule has 0 radical (unpaired) electrons. The first-order valence-corrected chi connectivity index (χ1v) is 7.37. The first kappa shape index (κ1) is 15.4. The van der Waals surface area contributed by atoms with Gasteiger partial charge in [-0.2, -0.15) is 0 Å². The number of carbonyl (C=O) groups excluding carboxylic acids is 1. The molecule has 0 saturated heterocycles. The Kier molecular flexibility index (Phi) is 4.51. The van der Waals surface area contributed by atoms with Gasteiger partial charge >= 0.3 is 0 Å². The van der Waals surface area contributed by atoms with Gasteiger partial charge in [0.05, 0.1) is 11.9 Å². The second-order valence-electron chi connectivity index (χ2n) is 4.08. The smallest absolute Gasteiger partial charge is 0.284 e. The Morgan fingerprint density at radius 2 is 1.89 bits per heavy atom. The summed E-state index contributed by atoms with van der Waals surface area (Å²) in [6.45, 7) is 1.45. The Morgan fingerprint density at radius 3 is 2.42 bits per heavy atom. The zero-order valence-corrected chi connectivity index (χ0v) is 11.4. The predicted octanol–water partition coefficient (Wildman–Crippen LogP) is 0.0875. The van der Waals surface area contributed by atoms with Gasteiger partial charge < -0.3 is 15.5 Å². The minimum absolute atomic E-state index is 0.167. The first-order chi connectivity index (χ1) is 8.64. The number of rotatable bonds is 5. The highest BCUT2D eigenvalue weighted by atomic mass is 32.2. The van der Waals surface area contributed by atoms with Crippen LogP contribution in [0.15, 0.2) is 24.3 Å². The fourth-order valence-corrected chi connectivity index (χ4v) is 1.82. The second-order valence-corrected chi connectivity index (χ2v) is 5.83. The quantitative estimate of drug-likeness (QED) is 0.573. The number of anilines is 2. The van der Waals surface area contributed by atoms with E-state index in [-0.39, 0.29) is 17.8 Å². The van der Waals surface area contributed by atoms with Crippen LogP contribution in [-0.2, 0) is 14.8 Å². The van der Waals surface area contributed by atoms with Crippen LogP contribution in [0.1, 0.15) is 13.3 Å². The minimum atomic E-state index is -3.42. The van der Waals surface area contributed by atoms with Crippen LogP contribution in [-0.4, -0.2) is 36.6 Å². The number of amides is 1. The Morgan fingerprint density at radius 1 is 1.32 bits per heavy atom. The SMILES string of the molecule is CCC(O)(O)C(=O)Nc1cccc(NS(C)(=O)=O)c1. The van der Waals surface area contributed by atoms with Gasteiger partial charge in [0, 0.05) is 12.1 Å². The summed E-state index contributed by atoms with van der Waals surface area (Å²) in [4.78, 5) is 11.5. The third-order valence-corrected chi connectivity index (χ3v) is 2.89. The number of benzene rings is 1. The van der Waals surface area contributed by atoms with Gasteiger partial charge in [0.25, 0.3) is 5.91 Å². The number of carbonyl (C=O) groups is 1. The predicted molar refractivity (Wildman–Crippen MR) is 71.0 cm³/mol. The van der Waals surface area contributed by atoms with E-state index in [0.717, 1.165) is 6.26 Å². The molecule has 8 heteroatoms. The highest BCUT2D eigenvalue weighted by Gasteiger charge is 2.30. The van der Waals surface area contributed by atoms with Crippen molar-refractivity contribution in [3.8, 4) is 0 Å². The van der Waals surface area contributed by atoms with Crippen molar-refractivity contribution in [2.24, 2.45) is 0 Å². The molecule has 1 aromatic rings. The van der Waals surface area contributed by atoms with E-state index in [9.17, 15) is 23.4 Å². The van der Waals surface area contributed by atoms with Gasteiger partial charge in [0.15, 0.2) is 0 Å². The molecule has 0 aliphatic rings. The van der Waals surface area contributed by atoms with Crippen LogP contribution in [0.2, 0.25) is 0 Å². The molecule has 0 spiro atoms. The van der Waals surface area contributed by atoms with Crippen LogP contribution in [0, 0.1) is 0 Å². The van der Waals surface area contributed by atoms with Crippen molar-refractivity contribution in [1.82, 2.24) is 0 Å². The fraction of sp³-hybridized carbons (Fsp3) is 0.364. The summed E-state index contributed by atoms with van der Waals surface area (Å²) in [6.07, 6.45) is 0.835. The van der Waals surface area contributed by atoms with E-state index >= 15 is 0 Å². The molecule has 1 rings (SSSR count). The zero-order chi connectivity index (χ0) is 14.7. The van der Waals surface area contributed by atoms with Gasteiger partial charge in [-0.25, -0.2) is 8.42 Å². The maximum absolute atomic E-state index is 11.5. The van der Waals surface area contributed by atoms with E-state index in [2.05, 4.69) is 10.0 Å². The lowest BCUT2D eigenvalue weighted by Gasteiger charge is -2.18. The minimum Gasteiger partial charge on any atom is -0.358 e. The van der Waals surface area contributed by atoms with Gasteiger partial charge in [-0.3, -0.25) is 9.52 Å². The van der Waals surface area contributed by atoms with Gasteiger partial charge in [-0.15, -0.1) is 0 Å². The lowest BCUT2D eigenvalue weighted by atomic mass is 10.2. The normalized spacial score (nSPS) is 12.0. The first-order valence-electron chi connectivity index (χ1n) is 5.48. The summed E-state index contributed by atoms with van der Waals surface area (Å²) in [7, 11) is -3.42. The maximum Gasteiger partial charge on any atom is 0.284 e. The van der Waals surface area contributed by atoms with Crippen molar-refractivity contribution in [2.75, 3.05) is 16.3 Å². The third-order valence-electron chi connectivity index (χ3n) is 2.28. The molecular weight excluding hydrogens is 272 g/mol. The Bertz CT molecular complexity index is 568. The molecule has 7 nitrogen and oxygen atoms in total. The summed E-state index contributed by atoms with van der Waals surface area (Å²) in [5.41, 5.74) is 0.512. The van der Waals surface area contributed by atoms with Crippen molar-refractivity contribution >= 4 is 27.3 Å². The molecule has 1 amide bonds. The number of hydrogen-bond donors (Lipinski definition) is 4. The standard InChI is InChI=1S/C11H16N2O5S/c1-3-11(15,16)10(14)12-8-5-4-6-9(7-8)13-19(2,17)18/h4-7,13,15-16H,3H2,1-2H3,(H,12,14). The summed E-state index contributed by atoms with van der Waals surface area (Å²) in [6, 6.07) is 5.88. The summed E-state index contributed by atoms with van der Waals surface area (Å²) in [5.74, 6) is -3.44. The van der Waals surface area contributed by atoms with Gasteiger partial charge in [0.2, 0.25) is 15.8 Å². The molecular formula is C11H16N2O5S. The summed E-state index contributed by atoms with van der Waals surface area (Å²) >= 11 is 0. The molecule has 0 bridgehead atoms. The molecule has 0 unspecified atom stereocenters. The molecule has 0 heterocycles. The highest BCUT2D eigenvalue weighted by molar-refractivity contribution is 7.92. The summed E-state index contributed by atoms with van der Waals surface area (Å²) in [5, 5.41) is 21.0. The Hall–Kier alpha value is -1.64. The van der Waals surface area contributed by atoms with Crippen molar-refractivity contribution in [3.05, 3.63) is 24.3 Å². The van der Waals surface area contributed by atoms with E-state index < -0.39 is 21.7 Å². The Balaban J connectivity index is 2.87. The van der Waals surface area contributed by atoms with E-state index in [1.807, 2.05) is 0 Å². The molecule has 0 aliphatic heterocycles. The summed E-state index contributed by atoms with van der Waals surface area (Å²) < 4.78 is 24.4. The molecule has 0 fully saturated rings. The Labute approximate surface area is 111 Å². The molecule has 0 aromatic heterocycles. The number of hydrogen-bond acceptors (Lipinski definition) is 5. The molecule has 0 aliphatic carbocycles. The van der Waals surface area contributed by atoms with Gasteiger partial charge in [0.1, 0.15) is 0 Å². The average Bonchev–Trinajstić information content (AvgIpc) is 2.27. The highest BCUT2D eigenvalue weighted by Crippen LogP contribution is 2.17. The van der Waals surface area contributed by atoms with Crippen molar-refractivity contribution in [2.45, 2.75) is 19.1 Å². The monoisotopic (exact) mass is 288 g/mol. The topological polar surface area (TPSA) is 116 Å². The van der Waals surface area contributed by atoms with Crippen molar-refractivity contribution < 1.29 is 23.4 Å². The number of nitrogens with one attached hydrogen (secondary N) is 2. The zero-order valence-electron chi connectivity index (χ0n) is 10.5. The van der Waals surface area contributed by atoms with Crippen LogP contribution in [0.25, 0.3) is 0 Å². The van der Waals surface area contributed by atoms with Crippen molar-refractivity contribution in [3.63, 3.8) is 0 Å². The van der Waals surface area contributed by atoms with E-state index in [1.54, 1.807) is 0 Å². The molecule has 4 N–H and O–H groups in total. The number of sulfonamides is 1. The molecule has 106 valence electrons. The lowest BCUT2D eigenvalue weighted by molar-refractivity contribution is -0.180. The fourth-order valence-electron chi connectivity index (χ4n) is 1.27. The van der Waals surface area contributed by atoms with E-state index in [0.29, 0.717) is 0 Å². The van der Waals surface area contributed by atoms with Crippen LogP contribution < -0.4 is 10.0 Å².